The molecule has 0 aliphatic heterocycles. The molecule has 0 fully saturated rings. The van der Waals surface area contributed by atoms with Gasteiger partial charge in [-0.2, -0.15) is 5.26 Å². The summed E-state index contributed by atoms with van der Waals surface area (Å²) in [4.78, 5) is 0. The highest BCUT2D eigenvalue weighted by atomic mass is 28.5. The Morgan fingerprint density at radius 2 is 1.29 bits per heavy atom. The second-order valence-electron chi connectivity index (χ2n) is 9.73. The van der Waals surface area contributed by atoms with Gasteiger partial charge in [-0.15, -0.1) is 0 Å². The highest BCUT2D eigenvalue weighted by molar-refractivity contribution is 6.87. The van der Waals surface area contributed by atoms with E-state index in [4.69, 9.17) is 18.2 Å². The summed E-state index contributed by atoms with van der Waals surface area (Å²) in [5.41, 5.74) is 2.86. The van der Waals surface area contributed by atoms with Gasteiger partial charge in [0.1, 0.15) is 12.0 Å². The number of unbranched alkanes of at least 4 members (excludes halogenated alkanes) is 1. The number of nitriles is 1. The van der Waals surface area contributed by atoms with Crippen LogP contribution in [0.15, 0.2) is 48.5 Å². The molecule has 2 aromatic rings. The van der Waals surface area contributed by atoms with Gasteiger partial charge in [-0.1, -0.05) is 44.0 Å². The molecule has 0 radical (unpaired) electrons. The van der Waals surface area contributed by atoms with Crippen LogP contribution in [-0.4, -0.2) is 31.4 Å². The van der Waals surface area contributed by atoms with E-state index in [-0.39, 0.29) is 0 Å². The summed E-state index contributed by atoms with van der Waals surface area (Å²) in [5.74, 6) is 0.847. The molecule has 2 aromatic carbocycles. The fourth-order valence-corrected chi connectivity index (χ4v) is 17.3. The van der Waals surface area contributed by atoms with Crippen LogP contribution in [0.1, 0.15) is 25.3 Å². The molecule has 168 valence electrons. The molecule has 2 rings (SSSR count). The number of hydrogen-bond acceptors (Lipinski definition) is 4. The van der Waals surface area contributed by atoms with E-state index in [2.05, 4.69) is 64.4 Å². The summed E-state index contributed by atoms with van der Waals surface area (Å²) in [6, 6.07) is 19.1. The molecular formula is C24H37NO3Si3. The minimum absolute atomic E-state index is 0.597. The van der Waals surface area contributed by atoms with Crippen LogP contribution in [0, 0.1) is 11.3 Å². The highest BCUT2D eigenvalue weighted by Gasteiger charge is 2.39. The first kappa shape index (κ1) is 25.6. The van der Waals surface area contributed by atoms with E-state index in [0.717, 1.165) is 16.9 Å². The first-order valence-corrected chi connectivity index (χ1v) is 20.1. The van der Waals surface area contributed by atoms with E-state index < -0.39 is 25.2 Å². The van der Waals surface area contributed by atoms with Gasteiger partial charge in [0.25, 0.3) is 0 Å². The third kappa shape index (κ3) is 8.75. The van der Waals surface area contributed by atoms with E-state index in [1.807, 2.05) is 36.4 Å². The number of hydrogen-bond donors (Lipinski definition) is 0. The Morgan fingerprint density at radius 1 is 0.774 bits per heavy atom. The van der Waals surface area contributed by atoms with E-state index >= 15 is 0 Å². The van der Waals surface area contributed by atoms with Gasteiger partial charge in [-0.3, -0.25) is 0 Å². The third-order valence-electron chi connectivity index (χ3n) is 4.96. The lowest BCUT2D eigenvalue weighted by molar-refractivity contribution is 0.328. The number of ether oxygens (including phenoxy) is 1. The highest BCUT2D eigenvalue weighted by Crippen LogP contribution is 2.26. The van der Waals surface area contributed by atoms with Gasteiger partial charge >= 0.3 is 8.56 Å². The van der Waals surface area contributed by atoms with Gasteiger partial charge < -0.3 is 13.0 Å². The topological polar surface area (TPSA) is 51.5 Å². The van der Waals surface area contributed by atoms with Gasteiger partial charge in [-0.05, 0) is 80.7 Å². The summed E-state index contributed by atoms with van der Waals surface area (Å²) in [6.45, 7) is 15.6. The monoisotopic (exact) mass is 471 g/mol. The Labute approximate surface area is 191 Å². The smallest absolute Gasteiger partial charge is 0.311 e. The van der Waals surface area contributed by atoms with Crippen molar-refractivity contribution in [1.29, 1.82) is 5.26 Å². The van der Waals surface area contributed by atoms with Gasteiger partial charge in [0.05, 0.1) is 11.6 Å². The van der Waals surface area contributed by atoms with Crippen LogP contribution in [0.3, 0.4) is 0 Å². The third-order valence-corrected chi connectivity index (χ3v) is 15.7. The maximum absolute atomic E-state index is 8.94. The normalized spacial score (nSPS) is 12.5. The number of rotatable bonds is 11. The van der Waals surface area contributed by atoms with E-state index in [0.29, 0.717) is 11.8 Å². The molecule has 0 unspecified atom stereocenters. The second kappa shape index (κ2) is 10.7. The van der Waals surface area contributed by atoms with Crippen molar-refractivity contribution >= 4 is 25.2 Å². The maximum atomic E-state index is 8.94. The van der Waals surface area contributed by atoms with E-state index in [1.54, 1.807) is 0 Å². The first-order valence-electron chi connectivity index (χ1n) is 11.1. The zero-order valence-corrected chi connectivity index (χ0v) is 23.1. The van der Waals surface area contributed by atoms with Gasteiger partial charge in [-0.25, -0.2) is 0 Å². The molecule has 0 saturated carbocycles. The quantitative estimate of drug-likeness (QED) is 0.328. The lowest BCUT2D eigenvalue weighted by atomic mass is 10.0. The molecule has 0 atom stereocenters. The SMILES string of the molecule is CCCC[Si](C)(C)O[Si](C)(C)O[Si](C)(C)COc1ccc(-c2ccc(C#N)cc2)cc1. The first-order chi connectivity index (χ1) is 14.5. The fraction of sp³-hybridized carbons (Fsp3) is 0.458. The number of nitrogens with zero attached hydrogens (tertiary/aromatic N) is 1. The van der Waals surface area contributed by atoms with Crippen LogP contribution in [-0.2, 0) is 8.23 Å². The lowest BCUT2D eigenvalue weighted by Crippen LogP contribution is -2.54. The van der Waals surface area contributed by atoms with Crippen molar-refractivity contribution < 1.29 is 13.0 Å². The Kier molecular flexibility index (Phi) is 8.86. The van der Waals surface area contributed by atoms with Crippen molar-refractivity contribution in [3.05, 3.63) is 54.1 Å². The van der Waals surface area contributed by atoms with Crippen LogP contribution in [0.25, 0.3) is 11.1 Å². The predicted molar refractivity (Wildman–Crippen MR) is 136 cm³/mol. The molecule has 0 aromatic heterocycles. The van der Waals surface area contributed by atoms with Gasteiger partial charge in [0.15, 0.2) is 8.32 Å². The minimum Gasteiger partial charge on any atom is -0.494 e. The van der Waals surface area contributed by atoms with Gasteiger partial charge in [0, 0.05) is 0 Å². The average molecular weight is 472 g/mol. The molecular weight excluding hydrogens is 435 g/mol. The Hall–Kier alpha value is -1.70. The zero-order chi connectivity index (χ0) is 23.1. The molecule has 0 heterocycles. The summed E-state index contributed by atoms with van der Waals surface area (Å²) in [5, 5.41) is 8.94. The maximum Gasteiger partial charge on any atom is 0.311 e. The summed E-state index contributed by atoms with van der Waals surface area (Å²) in [7, 11) is -5.93. The lowest BCUT2D eigenvalue weighted by Gasteiger charge is -2.38. The van der Waals surface area contributed by atoms with Crippen molar-refractivity contribution in [2.45, 2.75) is 65.1 Å². The molecule has 0 amide bonds. The largest absolute Gasteiger partial charge is 0.494 e. The molecule has 0 N–H and O–H groups in total. The molecule has 4 nitrogen and oxygen atoms in total. The van der Waals surface area contributed by atoms with Crippen molar-refractivity contribution in [1.82, 2.24) is 0 Å². The standard InChI is InChI=1S/C24H37NO3Si3/c1-8-9-18-29(2,3)27-31(6,7)28-30(4,5)20-26-24-16-14-23(15-17-24)22-12-10-21(19-25)11-13-22/h10-17H,8-9,18,20H2,1-7H3. The Morgan fingerprint density at radius 3 is 1.81 bits per heavy atom. The molecule has 0 bridgehead atoms. The second-order valence-corrected chi connectivity index (χ2v) is 22.0. The van der Waals surface area contributed by atoms with Crippen molar-refractivity contribution in [2.24, 2.45) is 0 Å². The molecule has 31 heavy (non-hydrogen) atoms. The predicted octanol–water partition coefficient (Wildman–Crippen LogP) is 7.09. The van der Waals surface area contributed by atoms with Crippen molar-refractivity contribution in [3.8, 4) is 22.9 Å². The minimum atomic E-state index is -2.20. The Balaban J connectivity index is 1.94. The fourth-order valence-electron chi connectivity index (χ4n) is 3.77. The van der Waals surface area contributed by atoms with Crippen LogP contribution >= 0.6 is 0 Å². The number of benzene rings is 2. The van der Waals surface area contributed by atoms with E-state index in [9.17, 15) is 0 Å². The van der Waals surface area contributed by atoms with Crippen molar-refractivity contribution in [3.63, 3.8) is 0 Å². The van der Waals surface area contributed by atoms with E-state index in [1.165, 1.54) is 18.9 Å². The van der Waals surface area contributed by atoms with Crippen LogP contribution in [0.5, 0.6) is 5.75 Å². The Bertz CT molecular complexity index is 872. The van der Waals surface area contributed by atoms with Crippen LogP contribution < -0.4 is 4.74 Å². The summed E-state index contributed by atoms with van der Waals surface area (Å²) < 4.78 is 19.3. The summed E-state index contributed by atoms with van der Waals surface area (Å²) >= 11 is 0. The molecule has 0 saturated heterocycles. The van der Waals surface area contributed by atoms with Crippen LogP contribution in [0.2, 0.25) is 45.3 Å². The van der Waals surface area contributed by atoms with Gasteiger partial charge in [0.2, 0.25) is 8.32 Å². The average Bonchev–Trinajstić information content (AvgIpc) is 2.70. The zero-order valence-electron chi connectivity index (χ0n) is 20.1. The summed E-state index contributed by atoms with van der Waals surface area (Å²) in [6.07, 6.45) is 3.03. The van der Waals surface area contributed by atoms with Crippen LogP contribution in [0.4, 0.5) is 0 Å². The van der Waals surface area contributed by atoms with Crippen molar-refractivity contribution in [2.75, 3.05) is 6.23 Å². The molecule has 0 spiro atoms. The molecule has 0 aliphatic carbocycles. The molecule has 7 heteroatoms. The molecule has 0 aliphatic rings.